The van der Waals surface area contributed by atoms with Crippen molar-refractivity contribution in [3.8, 4) is 0 Å². The van der Waals surface area contributed by atoms with E-state index in [2.05, 4.69) is 18.7 Å². The monoisotopic (exact) mass is 310 g/mol. The lowest BCUT2D eigenvalue weighted by molar-refractivity contribution is -0.193. The largest absolute Gasteiger partial charge is 0.391 e. The molecular weight excluding hydrogens is 285 g/mol. The van der Waals surface area contributed by atoms with E-state index in [0.717, 1.165) is 25.3 Å². The maximum absolute atomic E-state index is 13.1. The van der Waals surface area contributed by atoms with Gasteiger partial charge in [-0.2, -0.15) is 24.9 Å². The number of halogens is 3. The summed E-state index contributed by atoms with van der Waals surface area (Å²) in [6.45, 7) is 6.35. The van der Waals surface area contributed by atoms with Gasteiger partial charge in [-0.15, -0.1) is 0 Å². The molecule has 0 aromatic rings. The lowest BCUT2D eigenvalue weighted by atomic mass is 9.74. The van der Waals surface area contributed by atoms with Gasteiger partial charge in [0.05, 0.1) is 5.92 Å². The van der Waals surface area contributed by atoms with E-state index in [4.69, 9.17) is 5.73 Å². The first-order chi connectivity index (χ1) is 9.19. The fourth-order valence-corrected chi connectivity index (χ4v) is 4.75. The molecule has 2 nitrogen and oxygen atoms in total. The quantitative estimate of drug-likeness (QED) is 0.849. The molecule has 0 bridgehead atoms. The van der Waals surface area contributed by atoms with Gasteiger partial charge in [-0.25, -0.2) is 0 Å². The molecule has 2 N–H and O–H groups in total. The molecule has 6 heteroatoms. The van der Waals surface area contributed by atoms with Gasteiger partial charge in [0.15, 0.2) is 0 Å². The molecule has 1 saturated carbocycles. The van der Waals surface area contributed by atoms with Crippen LogP contribution in [0.25, 0.3) is 0 Å². The van der Waals surface area contributed by atoms with Crippen molar-refractivity contribution in [1.29, 1.82) is 0 Å². The molecule has 1 aliphatic heterocycles. The topological polar surface area (TPSA) is 29.3 Å². The molecule has 0 aromatic carbocycles. The number of thioether (sulfide) groups is 1. The normalized spacial score (nSPS) is 36.0. The number of hydrogen-bond acceptors (Lipinski definition) is 3. The maximum Gasteiger partial charge on any atom is 0.391 e. The van der Waals surface area contributed by atoms with Gasteiger partial charge in [-0.3, -0.25) is 4.90 Å². The van der Waals surface area contributed by atoms with Crippen LogP contribution < -0.4 is 5.73 Å². The van der Waals surface area contributed by atoms with Gasteiger partial charge >= 0.3 is 6.18 Å². The molecule has 1 saturated heterocycles. The van der Waals surface area contributed by atoms with Crippen LogP contribution in [0.1, 0.15) is 39.5 Å². The van der Waals surface area contributed by atoms with Crippen LogP contribution in [-0.4, -0.2) is 46.7 Å². The smallest absolute Gasteiger partial charge is 0.329 e. The Kier molecular flexibility index (Phi) is 4.67. The van der Waals surface area contributed by atoms with Gasteiger partial charge in [0.2, 0.25) is 0 Å². The van der Waals surface area contributed by atoms with Crippen LogP contribution in [0.3, 0.4) is 0 Å². The van der Waals surface area contributed by atoms with E-state index in [1.165, 1.54) is 0 Å². The van der Waals surface area contributed by atoms with Crippen LogP contribution >= 0.6 is 11.8 Å². The highest BCUT2D eigenvalue weighted by Crippen LogP contribution is 2.45. The minimum atomic E-state index is -4.08. The van der Waals surface area contributed by atoms with E-state index < -0.39 is 17.6 Å². The molecular formula is C14H25F3N2S. The molecule has 2 unspecified atom stereocenters. The third kappa shape index (κ3) is 3.45. The Morgan fingerprint density at radius 3 is 2.60 bits per heavy atom. The summed E-state index contributed by atoms with van der Waals surface area (Å²) in [4.78, 5) is 2.25. The number of alkyl halides is 3. The number of nitrogens with two attached hydrogens (primary N) is 1. The fourth-order valence-electron chi connectivity index (χ4n) is 3.64. The van der Waals surface area contributed by atoms with Gasteiger partial charge in [0, 0.05) is 35.7 Å². The van der Waals surface area contributed by atoms with Crippen molar-refractivity contribution in [1.82, 2.24) is 4.90 Å². The lowest BCUT2D eigenvalue weighted by Crippen LogP contribution is -2.62. The molecule has 1 aliphatic carbocycles. The second-order valence-electron chi connectivity index (χ2n) is 6.79. The van der Waals surface area contributed by atoms with Crippen molar-refractivity contribution >= 4 is 11.8 Å². The lowest BCUT2D eigenvalue weighted by Gasteiger charge is -2.52. The van der Waals surface area contributed by atoms with Crippen molar-refractivity contribution in [3.63, 3.8) is 0 Å². The highest BCUT2D eigenvalue weighted by molar-refractivity contribution is 8.00. The summed E-state index contributed by atoms with van der Waals surface area (Å²) < 4.78 is 39.3. The molecule has 0 spiro atoms. The first-order valence-electron chi connectivity index (χ1n) is 7.34. The van der Waals surface area contributed by atoms with E-state index in [1.807, 2.05) is 11.8 Å². The van der Waals surface area contributed by atoms with Crippen molar-refractivity contribution in [2.75, 3.05) is 25.4 Å². The Labute approximate surface area is 123 Å². The Balaban J connectivity index is 2.16. The van der Waals surface area contributed by atoms with E-state index in [1.54, 1.807) is 0 Å². The molecule has 2 atom stereocenters. The molecule has 1 heterocycles. The standard InChI is InChI=1S/C14H25F3N2S/c1-12(2)10-19(6-7-20-12)13(9-18)5-3-4-11(8-13)14(15,16)17/h11H,3-10,18H2,1-2H3. The highest BCUT2D eigenvalue weighted by Gasteiger charge is 2.50. The summed E-state index contributed by atoms with van der Waals surface area (Å²) in [6, 6.07) is 0. The first-order valence-corrected chi connectivity index (χ1v) is 8.33. The summed E-state index contributed by atoms with van der Waals surface area (Å²) in [6.07, 6.45) is -2.21. The average Bonchev–Trinajstić information content (AvgIpc) is 2.36. The van der Waals surface area contributed by atoms with Gasteiger partial charge in [0.1, 0.15) is 0 Å². The van der Waals surface area contributed by atoms with Crippen LogP contribution in [0.5, 0.6) is 0 Å². The summed E-state index contributed by atoms with van der Waals surface area (Å²) in [5.74, 6) is -0.205. The molecule has 20 heavy (non-hydrogen) atoms. The molecule has 0 aromatic heterocycles. The zero-order chi connectivity index (χ0) is 15.0. The van der Waals surface area contributed by atoms with E-state index >= 15 is 0 Å². The molecule has 118 valence electrons. The maximum atomic E-state index is 13.1. The van der Waals surface area contributed by atoms with E-state index in [0.29, 0.717) is 13.0 Å². The number of rotatable bonds is 2. The molecule has 0 radical (unpaired) electrons. The van der Waals surface area contributed by atoms with Crippen molar-refractivity contribution in [3.05, 3.63) is 0 Å². The van der Waals surface area contributed by atoms with Gasteiger partial charge in [-0.05, 0) is 33.1 Å². The van der Waals surface area contributed by atoms with Gasteiger partial charge in [0.25, 0.3) is 0 Å². The SMILES string of the molecule is CC1(C)CN(C2(CN)CCCC(C(F)(F)F)C2)CCS1. The van der Waals surface area contributed by atoms with Crippen molar-refractivity contribution in [2.24, 2.45) is 11.7 Å². The Morgan fingerprint density at radius 1 is 1.35 bits per heavy atom. The Hall–Kier alpha value is 0.0600. The number of hydrogen-bond donors (Lipinski definition) is 1. The minimum absolute atomic E-state index is 0.103. The van der Waals surface area contributed by atoms with Crippen molar-refractivity contribution < 1.29 is 13.2 Å². The predicted octanol–water partition coefficient (Wildman–Crippen LogP) is 3.26. The third-order valence-corrected chi connectivity index (χ3v) is 6.06. The molecule has 2 rings (SSSR count). The van der Waals surface area contributed by atoms with Crippen LogP contribution in [0.2, 0.25) is 0 Å². The number of nitrogens with zero attached hydrogens (tertiary/aromatic N) is 1. The molecule has 2 fully saturated rings. The van der Waals surface area contributed by atoms with E-state index in [-0.39, 0.29) is 17.6 Å². The minimum Gasteiger partial charge on any atom is -0.329 e. The van der Waals surface area contributed by atoms with E-state index in [9.17, 15) is 13.2 Å². The zero-order valence-corrected chi connectivity index (χ0v) is 13.1. The average molecular weight is 310 g/mol. The van der Waals surface area contributed by atoms with Crippen LogP contribution in [0.4, 0.5) is 13.2 Å². The molecule has 0 amide bonds. The van der Waals surface area contributed by atoms with Crippen LogP contribution in [0, 0.1) is 5.92 Å². The Morgan fingerprint density at radius 2 is 2.05 bits per heavy atom. The Bertz CT molecular complexity index is 343. The van der Waals surface area contributed by atoms with Crippen LogP contribution in [-0.2, 0) is 0 Å². The summed E-state index contributed by atoms with van der Waals surface area (Å²) in [5, 5.41) is 0. The summed E-state index contributed by atoms with van der Waals surface area (Å²) in [5.41, 5.74) is 5.50. The third-order valence-electron chi connectivity index (χ3n) is 4.76. The summed E-state index contributed by atoms with van der Waals surface area (Å²) >= 11 is 1.90. The van der Waals surface area contributed by atoms with Crippen LogP contribution in [0.15, 0.2) is 0 Å². The van der Waals surface area contributed by atoms with Crippen molar-refractivity contribution in [2.45, 2.75) is 56.0 Å². The second-order valence-corrected chi connectivity index (χ2v) is 8.60. The fraction of sp³-hybridized carbons (Fsp3) is 1.00. The summed E-state index contributed by atoms with van der Waals surface area (Å²) in [7, 11) is 0. The zero-order valence-electron chi connectivity index (χ0n) is 12.3. The predicted molar refractivity (Wildman–Crippen MR) is 77.9 cm³/mol. The second kappa shape index (κ2) is 5.69. The first kappa shape index (κ1) is 16.4. The van der Waals surface area contributed by atoms with Gasteiger partial charge < -0.3 is 5.73 Å². The highest BCUT2D eigenvalue weighted by atomic mass is 32.2. The van der Waals surface area contributed by atoms with Gasteiger partial charge in [-0.1, -0.05) is 6.42 Å². The molecule has 2 aliphatic rings.